The fourth-order valence-electron chi connectivity index (χ4n) is 1.56. The first-order valence-electron chi connectivity index (χ1n) is 4.48. The molecule has 0 saturated heterocycles. The SMILES string of the molecule is C=C/C=C\C1=C(C)CCNC1C. The molecule has 0 fully saturated rings. The van der Waals surface area contributed by atoms with Crippen LogP contribution >= 0.6 is 0 Å². The summed E-state index contributed by atoms with van der Waals surface area (Å²) in [5.41, 5.74) is 2.92. The van der Waals surface area contributed by atoms with Crippen LogP contribution in [0.2, 0.25) is 0 Å². The smallest absolute Gasteiger partial charge is 0.0291 e. The van der Waals surface area contributed by atoms with Gasteiger partial charge in [0.05, 0.1) is 0 Å². The highest BCUT2D eigenvalue weighted by Gasteiger charge is 2.12. The zero-order valence-electron chi connectivity index (χ0n) is 7.93. The van der Waals surface area contributed by atoms with E-state index in [1.165, 1.54) is 17.6 Å². The lowest BCUT2D eigenvalue weighted by atomic mass is 9.96. The number of nitrogens with one attached hydrogen (secondary N) is 1. The summed E-state index contributed by atoms with van der Waals surface area (Å²) in [4.78, 5) is 0. The Bertz CT molecular complexity index is 223. The van der Waals surface area contributed by atoms with Crippen LogP contribution in [-0.4, -0.2) is 12.6 Å². The fourth-order valence-corrected chi connectivity index (χ4v) is 1.56. The number of rotatable bonds is 2. The second kappa shape index (κ2) is 4.27. The molecule has 1 rings (SSSR count). The van der Waals surface area contributed by atoms with E-state index in [2.05, 4.69) is 31.8 Å². The van der Waals surface area contributed by atoms with Gasteiger partial charge >= 0.3 is 0 Å². The summed E-state index contributed by atoms with van der Waals surface area (Å²) in [6.07, 6.45) is 7.14. The molecule has 1 aliphatic heterocycles. The maximum Gasteiger partial charge on any atom is 0.0291 e. The van der Waals surface area contributed by atoms with Crippen LogP contribution < -0.4 is 5.32 Å². The lowest BCUT2D eigenvalue weighted by Crippen LogP contribution is -2.33. The zero-order valence-corrected chi connectivity index (χ0v) is 7.93. The van der Waals surface area contributed by atoms with Gasteiger partial charge in [-0.05, 0) is 32.4 Å². The molecule has 1 atom stereocenters. The second-order valence-corrected chi connectivity index (χ2v) is 3.26. The quantitative estimate of drug-likeness (QED) is 0.616. The van der Waals surface area contributed by atoms with E-state index >= 15 is 0 Å². The predicted molar refractivity (Wildman–Crippen MR) is 54.1 cm³/mol. The van der Waals surface area contributed by atoms with Crippen molar-refractivity contribution < 1.29 is 0 Å². The molecule has 0 aromatic rings. The van der Waals surface area contributed by atoms with Gasteiger partial charge in [-0.1, -0.05) is 30.4 Å². The molecular formula is C11H17N. The summed E-state index contributed by atoms with van der Waals surface area (Å²) in [5, 5.41) is 3.43. The molecule has 0 bridgehead atoms. The first-order valence-corrected chi connectivity index (χ1v) is 4.48. The fraction of sp³-hybridized carbons (Fsp3) is 0.455. The van der Waals surface area contributed by atoms with Crippen LogP contribution in [0.3, 0.4) is 0 Å². The van der Waals surface area contributed by atoms with Gasteiger partial charge < -0.3 is 5.32 Å². The van der Waals surface area contributed by atoms with E-state index in [0.717, 1.165) is 6.54 Å². The third-order valence-corrected chi connectivity index (χ3v) is 2.32. The standard InChI is InChI=1S/C11H17N/c1-4-5-6-11-9(2)7-8-12-10(11)3/h4-6,10,12H,1,7-8H2,2-3H3/b6-5-. The van der Waals surface area contributed by atoms with Crippen molar-refractivity contribution in [3.63, 3.8) is 0 Å². The maximum absolute atomic E-state index is 3.67. The molecule has 0 saturated carbocycles. The van der Waals surface area contributed by atoms with Gasteiger partial charge in [-0.2, -0.15) is 0 Å². The van der Waals surface area contributed by atoms with Gasteiger partial charge in [-0.3, -0.25) is 0 Å². The van der Waals surface area contributed by atoms with Crippen molar-refractivity contribution in [3.8, 4) is 0 Å². The molecule has 1 nitrogen and oxygen atoms in total. The summed E-state index contributed by atoms with van der Waals surface area (Å²) >= 11 is 0. The third kappa shape index (κ3) is 2.08. The summed E-state index contributed by atoms with van der Waals surface area (Å²) in [5.74, 6) is 0. The van der Waals surface area contributed by atoms with Gasteiger partial charge in [-0.25, -0.2) is 0 Å². The average Bonchev–Trinajstić information content (AvgIpc) is 2.04. The summed E-state index contributed by atoms with van der Waals surface area (Å²) in [6.45, 7) is 9.18. The molecule has 1 heteroatoms. The average molecular weight is 163 g/mol. The largest absolute Gasteiger partial charge is 0.310 e. The second-order valence-electron chi connectivity index (χ2n) is 3.26. The van der Waals surface area contributed by atoms with Crippen molar-refractivity contribution >= 4 is 0 Å². The minimum absolute atomic E-state index is 0.495. The van der Waals surface area contributed by atoms with Crippen LogP contribution in [0.1, 0.15) is 20.3 Å². The Labute approximate surface area is 74.9 Å². The Balaban J connectivity index is 2.80. The first-order chi connectivity index (χ1) is 5.75. The molecule has 0 spiro atoms. The Hall–Kier alpha value is -0.820. The molecule has 0 amide bonds. The highest BCUT2D eigenvalue weighted by Crippen LogP contribution is 2.17. The van der Waals surface area contributed by atoms with Crippen molar-refractivity contribution in [1.82, 2.24) is 5.32 Å². The zero-order chi connectivity index (χ0) is 8.97. The third-order valence-electron chi connectivity index (χ3n) is 2.32. The summed E-state index contributed by atoms with van der Waals surface area (Å²) < 4.78 is 0. The Morgan fingerprint density at radius 1 is 1.58 bits per heavy atom. The highest BCUT2D eigenvalue weighted by atomic mass is 14.9. The molecule has 1 aliphatic rings. The molecule has 1 unspecified atom stereocenters. The van der Waals surface area contributed by atoms with E-state index < -0.39 is 0 Å². The van der Waals surface area contributed by atoms with Crippen molar-refractivity contribution in [2.45, 2.75) is 26.3 Å². The Kier molecular flexibility index (Phi) is 3.30. The highest BCUT2D eigenvalue weighted by molar-refractivity contribution is 5.32. The molecular weight excluding hydrogens is 146 g/mol. The van der Waals surface area contributed by atoms with E-state index in [4.69, 9.17) is 0 Å². The predicted octanol–water partition coefficient (Wildman–Crippen LogP) is 2.43. The maximum atomic E-state index is 3.67. The molecule has 66 valence electrons. The van der Waals surface area contributed by atoms with E-state index in [0.29, 0.717) is 6.04 Å². The molecule has 0 aliphatic carbocycles. The van der Waals surface area contributed by atoms with E-state index in [1.54, 1.807) is 0 Å². The van der Waals surface area contributed by atoms with Gasteiger partial charge in [-0.15, -0.1) is 0 Å². The molecule has 1 heterocycles. The molecule has 1 N–H and O–H groups in total. The monoisotopic (exact) mass is 163 g/mol. The van der Waals surface area contributed by atoms with Crippen molar-refractivity contribution in [2.24, 2.45) is 0 Å². The number of allylic oxidation sites excluding steroid dienone is 2. The normalized spacial score (nSPS) is 25.0. The van der Waals surface area contributed by atoms with Crippen LogP contribution in [0.4, 0.5) is 0 Å². The van der Waals surface area contributed by atoms with Crippen LogP contribution in [-0.2, 0) is 0 Å². The van der Waals surface area contributed by atoms with Crippen LogP contribution in [0.5, 0.6) is 0 Å². The van der Waals surface area contributed by atoms with Gasteiger partial charge in [0.1, 0.15) is 0 Å². The van der Waals surface area contributed by atoms with E-state index in [1.807, 2.05) is 12.2 Å². The molecule has 0 radical (unpaired) electrons. The van der Waals surface area contributed by atoms with E-state index in [9.17, 15) is 0 Å². The van der Waals surface area contributed by atoms with Gasteiger partial charge in [0, 0.05) is 6.04 Å². The molecule has 12 heavy (non-hydrogen) atoms. The minimum Gasteiger partial charge on any atom is -0.310 e. The summed E-state index contributed by atoms with van der Waals surface area (Å²) in [6, 6.07) is 0.495. The first kappa shape index (κ1) is 9.27. The van der Waals surface area contributed by atoms with Crippen LogP contribution in [0.25, 0.3) is 0 Å². The lowest BCUT2D eigenvalue weighted by Gasteiger charge is -2.23. The van der Waals surface area contributed by atoms with Crippen LogP contribution in [0.15, 0.2) is 36.0 Å². The van der Waals surface area contributed by atoms with Gasteiger partial charge in [0.25, 0.3) is 0 Å². The molecule has 0 aromatic heterocycles. The molecule has 0 aromatic carbocycles. The van der Waals surface area contributed by atoms with Gasteiger partial charge in [0.15, 0.2) is 0 Å². The topological polar surface area (TPSA) is 12.0 Å². The summed E-state index contributed by atoms with van der Waals surface area (Å²) in [7, 11) is 0. The lowest BCUT2D eigenvalue weighted by molar-refractivity contribution is 0.577. The van der Waals surface area contributed by atoms with Crippen molar-refractivity contribution in [1.29, 1.82) is 0 Å². The van der Waals surface area contributed by atoms with Crippen LogP contribution in [0, 0.1) is 0 Å². The van der Waals surface area contributed by atoms with Gasteiger partial charge in [0.2, 0.25) is 0 Å². The minimum atomic E-state index is 0.495. The number of hydrogen-bond donors (Lipinski definition) is 1. The van der Waals surface area contributed by atoms with E-state index in [-0.39, 0.29) is 0 Å². The Morgan fingerprint density at radius 2 is 2.33 bits per heavy atom. The number of hydrogen-bond acceptors (Lipinski definition) is 1. The van der Waals surface area contributed by atoms with Crippen molar-refractivity contribution in [2.75, 3.05) is 6.54 Å². The van der Waals surface area contributed by atoms with Crippen molar-refractivity contribution in [3.05, 3.63) is 36.0 Å². The Morgan fingerprint density at radius 3 is 2.92 bits per heavy atom.